The van der Waals surface area contributed by atoms with Gasteiger partial charge in [0.1, 0.15) is 5.75 Å². The van der Waals surface area contributed by atoms with Crippen molar-refractivity contribution in [1.82, 2.24) is 19.8 Å². The molecule has 8 heteroatoms. The van der Waals surface area contributed by atoms with Crippen LogP contribution in [0.15, 0.2) is 91.3 Å². The van der Waals surface area contributed by atoms with E-state index in [1.165, 1.54) is 0 Å². The Balaban J connectivity index is 1.43. The minimum atomic E-state index is -0.167. The summed E-state index contributed by atoms with van der Waals surface area (Å²) in [6.07, 6.45) is 4.13. The number of aromatic nitrogens is 2. The Labute approximate surface area is 228 Å². The van der Waals surface area contributed by atoms with Crippen molar-refractivity contribution in [3.63, 3.8) is 0 Å². The molecule has 7 nitrogen and oxygen atoms in total. The zero-order valence-corrected chi connectivity index (χ0v) is 22.3. The van der Waals surface area contributed by atoms with Gasteiger partial charge >= 0.3 is 0 Å². The topological polar surface area (TPSA) is 71.4 Å². The number of thiocarbonyl (C=S) groups is 1. The van der Waals surface area contributed by atoms with E-state index in [1.807, 2.05) is 92.8 Å². The highest BCUT2D eigenvalue weighted by Crippen LogP contribution is 2.39. The van der Waals surface area contributed by atoms with Crippen LogP contribution in [-0.4, -0.2) is 38.6 Å². The van der Waals surface area contributed by atoms with Crippen LogP contribution in [0.3, 0.4) is 0 Å². The zero-order chi connectivity index (χ0) is 26.5. The quantitative estimate of drug-likeness (QED) is 0.278. The first-order chi connectivity index (χ1) is 18.5. The maximum absolute atomic E-state index is 12.9. The number of anilines is 1. The van der Waals surface area contributed by atoms with Crippen molar-refractivity contribution in [2.45, 2.75) is 32.4 Å². The van der Waals surface area contributed by atoms with Gasteiger partial charge in [-0.05, 0) is 92.3 Å². The number of rotatable bonds is 9. The molecule has 2 N–H and O–H groups in total. The van der Waals surface area contributed by atoms with Crippen LogP contribution in [0.4, 0.5) is 5.69 Å². The lowest BCUT2D eigenvalue weighted by atomic mass is 10.0. The van der Waals surface area contributed by atoms with Gasteiger partial charge in [-0.3, -0.25) is 9.78 Å². The first-order valence-corrected chi connectivity index (χ1v) is 13.2. The molecule has 2 aromatic heterocycles. The van der Waals surface area contributed by atoms with E-state index < -0.39 is 0 Å². The molecular formula is C30H31N5O2S. The SMILES string of the molecule is CCOc1ccc(-n2cccc2C2C(c3ccccn3)NC(=S)N2CCC(=O)Nc2cccc(C)c2)cc1. The molecule has 1 aliphatic rings. The first-order valence-electron chi connectivity index (χ1n) is 12.8. The third-order valence-electron chi connectivity index (χ3n) is 6.59. The van der Waals surface area contributed by atoms with Gasteiger partial charge in [0, 0.05) is 42.4 Å². The number of nitrogens with zero attached hydrogens (tertiary/aromatic N) is 3. The summed E-state index contributed by atoms with van der Waals surface area (Å²) >= 11 is 5.80. The minimum absolute atomic E-state index is 0.0552. The Morgan fingerprint density at radius 2 is 1.92 bits per heavy atom. The Bertz CT molecular complexity index is 1400. The van der Waals surface area contributed by atoms with Crippen LogP contribution in [0.1, 0.15) is 42.4 Å². The average molecular weight is 526 g/mol. The second kappa shape index (κ2) is 11.5. The smallest absolute Gasteiger partial charge is 0.226 e. The molecule has 2 unspecified atom stereocenters. The van der Waals surface area contributed by atoms with E-state index in [2.05, 4.69) is 31.2 Å². The number of ether oxygens (including phenoxy) is 1. The Morgan fingerprint density at radius 3 is 2.66 bits per heavy atom. The molecule has 3 heterocycles. The predicted octanol–water partition coefficient (Wildman–Crippen LogP) is 5.58. The number of aryl methyl sites for hydroxylation is 1. The number of carbonyl (C=O) groups is 1. The maximum Gasteiger partial charge on any atom is 0.226 e. The third-order valence-corrected chi connectivity index (χ3v) is 6.94. The summed E-state index contributed by atoms with van der Waals surface area (Å²) in [7, 11) is 0. The predicted molar refractivity (Wildman–Crippen MR) is 154 cm³/mol. The van der Waals surface area contributed by atoms with Gasteiger partial charge in [0.25, 0.3) is 0 Å². The Hall–Kier alpha value is -4.17. The molecule has 5 rings (SSSR count). The lowest BCUT2D eigenvalue weighted by molar-refractivity contribution is -0.116. The highest BCUT2D eigenvalue weighted by atomic mass is 32.1. The highest BCUT2D eigenvalue weighted by Gasteiger charge is 2.41. The summed E-state index contributed by atoms with van der Waals surface area (Å²) in [6.45, 7) is 5.07. The molecule has 194 valence electrons. The van der Waals surface area contributed by atoms with Crippen molar-refractivity contribution in [1.29, 1.82) is 0 Å². The fraction of sp³-hybridized carbons (Fsp3) is 0.233. The summed E-state index contributed by atoms with van der Waals surface area (Å²) in [5.74, 6) is 0.779. The molecule has 0 radical (unpaired) electrons. The minimum Gasteiger partial charge on any atom is -0.494 e. The summed E-state index contributed by atoms with van der Waals surface area (Å²) in [6, 6.07) is 25.5. The van der Waals surface area contributed by atoms with Gasteiger partial charge in [0.2, 0.25) is 5.91 Å². The van der Waals surface area contributed by atoms with Gasteiger partial charge in [-0.15, -0.1) is 0 Å². The van der Waals surface area contributed by atoms with Crippen LogP contribution in [0, 0.1) is 6.92 Å². The van der Waals surface area contributed by atoms with Crippen molar-refractivity contribution in [3.05, 3.63) is 108 Å². The number of hydrogen-bond donors (Lipinski definition) is 2. The van der Waals surface area contributed by atoms with Gasteiger partial charge in [-0.2, -0.15) is 0 Å². The zero-order valence-electron chi connectivity index (χ0n) is 21.5. The van der Waals surface area contributed by atoms with E-state index in [-0.39, 0.29) is 18.0 Å². The van der Waals surface area contributed by atoms with E-state index in [9.17, 15) is 4.79 Å². The van der Waals surface area contributed by atoms with E-state index >= 15 is 0 Å². The molecule has 4 aromatic rings. The molecule has 1 amide bonds. The molecular weight excluding hydrogens is 494 g/mol. The molecule has 0 bridgehead atoms. The van der Waals surface area contributed by atoms with Crippen molar-refractivity contribution in [2.75, 3.05) is 18.5 Å². The monoisotopic (exact) mass is 525 g/mol. The number of carbonyl (C=O) groups excluding carboxylic acids is 1. The fourth-order valence-electron chi connectivity index (χ4n) is 4.88. The van der Waals surface area contributed by atoms with E-state index in [4.69, 9.17) is 17.0 Å². The normalized spacial score (nSPS) is 16.8. The first kappa shape index (κ1) is 25.5. The van der Waals surface area contributed by atoms with Crippen molar-refractivity contribution in [2.24, 2.45) is 0 Å². The van der Waals surface area contributed by atoms with Gasteiger partial charge < -0.3 is 24.8 Å². The van der Waals surface area contributed by atoms with Crippen LogP contribution < -0.4 is 15.4 Å². The van der Waals surface area contributed by atoms with Crippen LogP contribution >= 0.6 is 12.2 Å². The number of pyridine rings is 1. The third kappa shape index (κ3) is 5.55. The lowest BCUT2D eigenvalue weighted by Gasteiger charge is -2.29. The molecule has 0 spiro atoms. The number of benzene rings is 2. The maximum atomic E-state index is 12.9. The number of amides is 1. The second-order valence-electron chi connectivity index (χ2n) is 9.22. The fourth-order valence-corrected chi connectivity index (χ4v) is 5.21. The van der Waals surface area contributed by atoms with E-state index in [0.717, 1.165) is 34.1 Å². The van der Waals surface area contributed by atoms with E-state index in [1.54, 1.807) is 6.20 Å². The van der Waals surface area contributed by atoms with Crippen LogP contribution in [0.2, 0.25) is 0 Å². The molecule has 38 heavy (non-hydrogen) atoms. The Kier molecular flexibility index (Phi) is 7.70. The van der Waals surface area contributed by atoms with Crippen LogP contribution in [0.5, 0.6) is 5.75 Å². The van der Waals surface area contributed by atoms with Crippen LogP contribution in [0.25, 0.3) is 5.69 Å². The molecule has 1 aliphatic heterocycles. The van der Waals surface area contributed by atoms with Crippen LogP contribution in [-0.2, 0) is 4.79 Å². The molecule has 2 atom stereocenters. The summed E-state index contributed by atoms with van der Waals surface area (Å²) in [5.41, 5.74) is 4.86. The van der Waals surface area contributed by atoms with Gasteiger partial charge in [-0.1, -0.05) is 18.2 Å². The summed E-state index contributed by atoms with van der Waals surface area (Å²) in [4.78, 5) is 19.6. The average Bonchev–Trinajstić information content (AvgIpc) is 3.53. The largest absolute Gasteiger partial charge is 0.494 e. The summed E-state index contributed by atoms with van der Waals surface area (Å²) in [5, 5.41) is 7.09. The summed E-state index contributed by atoms with van der Waals surface area (Å²) < 4.78 is 7.79. The lowest BCUT2D eigenvalue weighted by Crippen LogP contribution is -2.33. The molecule has 1 saturated heterocycles. The second-order valence-corrected chi connectivity index (χ2v) is 9.60. The molecule has 2 aromatic carbocycles. The molecule has 0 saturated carbocycles. The van der Waals surface area contributed by atoms with E-state index in [0.29, 0.717) is 24.7 Å². The molecule has 0 aliphatic carbocycles. The number of hydrogen-bond acceptors (Lipinski definition) is 4. The van der Waals surface area contributed by atoms with Crippen molar-refractivity contribution in [3.8, 4) is 11.4 Å². The van der Waals surface area contributed by atoms with Gasteiger partial charge in [0.15, 0.2) is 5.11 Å². The molecule has 1 fully saturated rings. The highest BCUT2D eigenvalue weighted by molar-refractivity contribution is 7.80. The van der Waals surface area contributed by atoms with Gasteiger partial charge in [-0.25, -0.2) is 0 Å². The van der Waals surface area contributed by atoms with Crippen molar-refractivity contribution < 1.29 is 9.53 Å². The van der Waals surface area contributed by atoms with Gasteiger partial charge in [0.05, 0.1) is 24.4 Å². The Morgan fingerprint density at radius 1 is 1.08 bits per heavy atom. The van der Waals surface area contributed by atoms with Crippen molar-refractivity contribution >= 4 is 28.9 Å². The standard InChI is InChI=1S/C30H31N5O2S/c1-3-37-24-14-12-23(13-15-24)34-18-7-11-26(34)29-28(25-10-4-5-17-31-25)33-30(38)35(29)19-16-27(36)32-22-9-6-8-21(2)20-22/h4-15,17-18,20,28-29H,3,16,19H2,1-2H3,(H,32,36)(H,33,38). The number of nitrogens with one attached hydrogen (secondary N) is 2.